The second-order valence-corrected chi connectivity index (χ2v) is 6.26. The zero-order valence-electron chi connectivity index (χ0n) is 15.2. The van der Waals surface area contributed by atoms with Gasteiger partial charge in [-0.15, -0.1) is 5.10 Å². The lowest BCUT2D eigenvalue weighted by molar-refractivity contribution is -0.384. The number of aromatic nitrogens is 6. The maximum Gasteiger partial charge on any atom is 0.270 e. The lowest BCUT2D eigenvalue weighted by atomic mass is 10.2. The van der Waals surface area contributed by atoms with Gasteiger partial charge in [-0.3, -0.25) is 10.1 Å². The predicted octanol–water partition coefficient (Wildman–Crippen LogP) is 3.51. The van der Waals surface area contributed by atoms with Crippen LogP contribution in [-0.2, 0) is 0 Å². The summed E-state index contributed by atoms with van der Waals surface area (Å²) in [5, 5.41) is 22.4. The molecule has 0 radical (unpaired) electrons. The summed E-state index contributed by atoms with van der Waals surface area (Å²) in [5.41, 5.74) is 2.08. The Kier molecular flexibility index (Phi) is 4.10. The third kappa shape index (κ3) is 3.30. The van der Waals surface area contributed by atoms with E-state index < -0.39 is 4.92 Å². The van der Waals surface area contributed by atoms with Gasteiger partial charge in [-0.2, -0.15) is 0 Å². The van der Waals surface area contributed by atoms with Gasteiger partial charge in [-0.1, -0.05) is 5.21 Å². The van der Waals surface area contributed by atoms with Crippen LogP contribution in [0.1, 0.15) is 0 Å². The van der Waals surface area contributed by atoms with Crippen LogP contribution in [0.15, 0.2) is 67.4 Å². The van der Waals surface area contributed by atoms with Crippen LogP contribution in [0, 0.1) is 10.1 Å². The highest BCUT2D eigenvalue weighted by Crippen LogP contribution is 2.28. The molecule has 2 aromatic carbocycles. The first kappa shape index (κ1) is 17.4. The molecular weight excluding hydrogens is 388 g/mol. The molecule has 0 atom stereocenters. The Morgan fingerprint density at radius 2 is 1.90 bits per heavy atom. The van der Waals surface area contributed by atoms with Crippen LogP contribution in [0.25, 0.3) is 16.4 Å². The summed E-state index contributed by atoms with van der Waals surface area (Å²) in [6, 6.07) is 13.3. The number of anilines is 2. The maximum atomic E-state index is 11.1. The number of ether oxygens (including phenoxy) is 1. The van der Waals surface area contributed by atoms with Crippen LogP contribution in [0.4, 0.5) is 17.2 Å². The minimum atomic E-state index is -0.451. The summed E-state index contributed by atoms with van der Waals surface area (Å²) in [4.78, 5) is 23.2. The van der Waals surface area contributed by atoms with Crippen molar-refractivity contribution in [3.63, 3.8) is 0 Å². The van der Waals surface area contributed by atoms with Crippen molar-refractivity contribution in [2.75, 3.05) is 5.32 Å². The van der Waals surface area contributed by atoms with E-state index in [0.29, 0.717) is 28.4 Å². The third-order valence-corrected chi connectivity index (χ3v) is 4.34. The summed E-state index contributed by atoms with van der Waals surface area (Å²) >= 11 is 0. The topological polar surface area (TPSA) is 133 Å². The van der Waals surface area contributed by atoms with E-state index in [1.54, 1.807) is 42.6 Å². The summed E-state index contributed by atoms with van der Waals surface area (Å²) in [7, 11) is 0. The zero-order valence-corrected chi connectivity index (χ0v) is 15.2. The van der Waals surface area contributed by atoms with E-state index in [2.05, 4.69) is 30.6 Å². The van der Waals surface area contributed by atoms with Gasteiger partial charge in [0.05, 0.1) is 22.2 Å². The normalized spacial score (nSPS) is 10.9. The van der Waals surface area contributed by atoms with E-state index in [1.807, 2.05) is 0 Å². The molecule has 146 valence electrons. The first-order chi connectivity index (χ1) is 14.7. The number of hydrogen-bond acceptors (Lipinski definition) is 9. The number of non-ortho nitro benzene ring substituents is 1. The highest BCUT2D eigenvalue weighted by molar-refractivity contribution is 5.92. The Hall–Kier alpha value is -4.67. The number of nitro benzene ring substituents is 1. The molecule has 0 fully saturated rings. The van der Waals surface area contributed by atoms with Crippen LogP contribution in [-0.4, -0.2) is 34.7 Å². The fourth-order valence-corrected chi connectivity index (χ4v) is 2.90. The molecule has 3 heterocycles. The lowest BCUT2D eigenvalue weighted by Gasteiger charge is -2.09. The van der Waals surface area contributed by atoms with Crippen molar-refractivity contribution in [2.24, 2.45) is 0 Å². The molecule has 0 aliphatic carbocycles. The maximum absolute atomic E-state index is 11.1. The summed E-state index contributed by atoms with van der Waals surface area (Å²) in [6.07, 6.45) is 4.53. The van der Waals surface area contributed by atoms with Crippen molar-refractivity contribution in [1.29, 1.82) is 0 Å². The average Bonchev–Trinajstić information content (AvgIpc) is 3.23. The largest absolute Gasteiger partial charge is 0.439 e. The smallest absolute Gasteiger partial charge is 0.270 e. The van der Waals surface area contributed by atoms with Crippen LogP contribution in [0.2, 0.25) is 0 Å². The number of fused-ring (bicyclic) bond motifs is 2. The van der Waals surface area contributed by atoms with Crippen LogP contribution in [0.3, 0.4) is 0 Å². The molecule has 0 aliphatic heterocycles. The van der Waals surface area contributed by atoms with Crippen molar-refractivity contribution in [2.45, 2.75) is 0 Å². The van der Waals surface area contributed by atoms with Gasteiger partial charge in [0.2, 0.25) is 5.88 Å². The molecule has 5 aromatic rings. The van der Waals surface area contributed by atoms with Crippen LogP contribution >= 0.6 is 0 Å². The fourth-order valence-electron chi connectivity index (χ4n) is 2.90. The van der Waals surface area contributed by atoms with Crippen molar-refractivity contribution in [3.8, 4) is 11.6 Å². The van der Waals surface area contributed by atoms with Crippen molar-refractivity contribution >= 4 is 33.6 Å². The minimum absolute atomic E-state index is 0.0260. The Balaban J connectivity index is 1.38. The molecule has 0 amide bonds. The Labute approximate surface area is 168 Å². The molecule has 0 unspecified atom stereocenters. The van der Waals surface area contributed by atoms with Gasteiger partial charge < -0.3 is 10.1 Å². The standard InChI is InChI=1S/C19H12N8O3/c28-27(29)13-3-6-17-16(7-13)19(21-10-20-17)24-12-1-4-15(5-2-12)30-18-8-14-9-23-25-26(14)11-22-18/h1-11H,(H,20,21,24). The van der Waals surface area contributed by atoms with Gasteiger partial charge in [0.25, 0.3) is 5.69 Å². The van der Waals surface area contributed by atoms with E-state index in [1.165, 1.54) is 29.3 Å². The highest BCUT2D eigenvalue weighted by Gasteiger charge is 2.11. The quantitative estimate of drug-likeness (QED) is 0.347. The van der Waals surface area contributed by atoms with Crippen molar-refractivity contribution in [3.05, 3.63) is 77.5 Å². The van der Waals surface area contributed by atoms with Gasteiger partial charge in [-0.05, 0) is 30.3 Å². The monoisotopic (exact) mass is 400 g/mol. The summed E-state index contributed by atoms with van der Waals surface area (Å²) in [6.45, 7) is 0. The summed E-state index contributed by atoms with van der Waals surface area (Å²) in [5.74, 6) is 1.48. The van der Waals surface area contributed by atoms with Gasteiger partial charge >= 0.3 is 0 Å². The fraction of sp³-hybridized carbons (Fsp3) is 0. The Morgan fingerprint density at radius 1 is 1.03 bits per heavy atom. The highest BCUT2D eigenvalue weighted by atomic mass is 16.6. The molecule has 11 nitrogen and oxygen atoms in total. The van der Waals surface area contributed by atoms with Gasteiger partial charge in [0.1, 0.15) is 24.2 Å². The number of hydrogen-bond donors (Lipinski definition) is 1. The van der Waals surface area contributed by atoms with E-state index in [9.17, 15) is 10.1 Å². The summed E-state index contributed by atoms with van der Waals surface area (Å²) < 4.78 is 7.30. The minimum Gasteiger partial charge on any atom is -0.439 e. The molecule has 30 heavy (non-hydrogen) atoms. The molecule has 0 saturated carbocycles. The molecule has 0 bridgehead atoms. The van der Waals surface area contributed by atoms with Crippen molar-refractivity contribution in [1.82, 2.24) is 29.8 Å². The SMILES string of the molecule is O=[N+]([O-])c1ccc2ncnc(Nc3ccc(Oc4cc5cnnn5cn4)cc3)c2c1. The third-order valence-electron chi connectivity index (χ3n) is 4.34. The van der Waals surface area contributed by atoms with Gasteiger partial charge in [-0.25, -0.2) is 19.5 Å². The second kappa shape index (κ2) is 7.05. The van der Waals surface area contributed by atoms with Crippen LogP contribution in [0.5, 0.6) is 11.6 Å². The second-order valence-electron chi connectivity index (χ2n) is 6.26. The Bertz CT molecular complexity index is 1380. The average molecular weight is 400 g/mol. The molecular formula is C19H12N8O3. The predicted molar refractivity (Wildman–Crippen MR) is 107 cm³/mol. The number of benzene rings is 2. The molecule has 0 spiro atoms. The van der Waals surface area contributed by atoms with E-state index in [-0.39, 0.29) is 5.69 Å². The molecule has 5 rings (SSSR count). The molecule has 11 heteroatoms. The molecule has 1 N–H and O–H groups in total. The van der Waals surface area contributed by atoms with Crippen molar-refractivity contribution < 1.29 is 9.66 Å². The lowest BCUT2D eigenvalue weighted by Crippen LogP contribution is -1.97. The number of nitrogens with one attached hydrogen (secondary N) is 1. The molecule has 0 aliphatic rings. The first-order valence-corrected chi connectivity index (χ1v) is 8.76. The van der Waals surface area contributed by atoms with Gasteiger partial charge in [0.15, 0.2) is 0 Å². The first-order valence-electron chi connectivity index (χ1n) is 8.76. The van der Waals surface area contributed by atoms with E-state index in [4.69, 9.17) is 4.74 Å². The zero-order chi connectivity index (χ0) is 20.5. The number of nitro groups is 1. The van der Waals surface area contributed by atoms with E-state index in [0.717, 1.165) is 11.2 Å². The van der Waals surface area contributed by atoms with Gasteiger partial charge in [0, 0.05) is 29.3 Å². The number of rotatable bonds is 5. The Morgan fingerprint density at radius 3 is 2.73 bits per heavy atom. The molecule has 0 saturated heterocycles. The molecule has 3 aromatic heterocycles. The number of nitrogens with zero attached hydrogens (tertiary/aromatic N) is 7. The van der Waals surface area contributed by atoms with Crippen LogP contribution < -0.4 is 10.1 Å². The van der Waals surface area contributed by atoms with E-state index >= 15 is 0 Å².